The Balaban J connectivity index is 1.50. The summed E-state index contributed by atoms with van der Waals surface area (Å²) in [5.41, 5.74) is 3.55. The largest absolute Gasteiger partial charge is 0.383 e. The van der Waals surface area contributed by atoms with E-state index in [1.807, 2.05) is 67.3 Å². The van der Waals surface area contributed by atoms with E-state index in [9.17, 15) is 14.4 Å². The lowest BCUT2D eigenvalue weighted by molar-refractivity contribution is -0.116. The van der Waals surface area contributed by atoms with Gasteiger partial charge < -0.3 is 30.1 Å². The van der Waals surface area contributed by atoms with Gasteiger partial charge in [-0.2, -0.15) is 0 Å². The number of hydrogen-bond acceptors (Lipinski definition) is 5. The van der Waals surface area contributed by atoms with Gasteiger partial charge in [0, 0.05) is 63.3 Å². The maximum atomic E-state index is 12.7. The summed E-state index contributed by atoms with van der Waals surface area (Å²) in [5.74, 6) is -0.210. The summed E-state index contributed by atoms with van der Waals surface area (Å²) in [7, 11) is 1.55. The van der Waals surface area contributed by atoms with Crippen LogP contribution in [0.1, 0.15) is 22.8 Å². The van der Waals surface area contributed by atoms with Crippen molar-refractivity contribution in [2.75, 3.05) is 69.7 Å². The third kappa shape index (κ3) is 7.45. The molecule has 2 aromatic carbocycles. The molecular weight excluding hydrogens is 446 g/mol. The van der Waals surface area contributed by atoms with Gasteiger partial charge in [0.15, 0.2) is 0 Å². The molecule has 0 aliphatic carbocycles. The lowest BCUT2D eigenvalue weighted by Crippen LogP contribution is -2.48. The summed E-state index contributed by atoms with van der Waals surface area (Å²) in [6, 6.07) is 15.0. The van der Waals surface area contributed by atoms with Crippen LogP contribution in [0.2, 0.25) is 0 Å². The topological polar surface area (TPSA) is 94.2 Å². The zero-order valence-corrected chi connectivity index (χ0v) is 20.8. The van der Waals surface area contributed by atoms with Gasteiger partial charge in [0.25, 0.3) is 5.91 Å². The monoisotopic (exact) mass is 481 g/mol. The number of nitrogens with one attached hydrogen (secondary N) is 2. The van der Waals surface area contributed by atoms with Crippen molar-refractivity contribution in [3.63, 3.8) is 0 Å². The van der Waals surface area contributed by atoms with Gasteiger partial charge >= 0.3 is 6.03 Å². The average Bonchev–Trinajstić information content (AvgIpc) is 2.87. The second-order valence-electron chi connectivity index (χ2n) is 8.49. The smallest absolute Gasteiger partial charge is 0.317 e. The Labute approximate surface area is 207 Å². The van der Waals surface area contributed by atoms with E-state index in [4.69, 9.17) is 4.74 Å². The summed E-state index contributed by atoms with van der Waals surface area (Å²) < 4.78 is 5.04. The molecule has 4 amide bonds. The molecular formula is C26H35N5O4. The number of aryl methyl sites for hydroxylation is 1. The first-order valence-electron chi connectivity index (χ1n) is 11.9. The highest BCUT2D eigenvalue weighted by Gasteiger charge is 2.22. The minimum absolute atomic E-state index is 0.0616. The van der Waals surface area contributed by atoms with Crippen LogP contribution in [0, 0.1) is 6.92 Å². The Bertz CT molecular complexity index is 986. The number of piperazine rings is 1. The Kier molecular flexibility index (Phi) is 9.48. The summed E-state index contributed by atoms with van der Waals surface area (Å²) in [6.45, 7) is 7.73. The predicted octanol–water partition coefficient (Wildman–Crippen LogP) is 2.57. The Hall–Kier alpha value is -3.59. The van der Waals surface area contributed by atoms with Crippen molar-refractivity contribution in [1.82, 2.24) is 15.1 Å². The summed E-state index contributed by atoms with van der Waals surface area (Å²) in [6.07, 6.45) is 0. The van der Waals surface area contributed by atoms with E-state index in [1.165, 1.54) is 4.90 Å². The van der Waals surface area contributed by atoms with Crippen molar-refractivity contribution < 1.29 is 19.1 Å². The van der Waals surface area contributed by atoms with Crippen molar-refractivity contribution in [3.8, 4) is 0 Å². The van der Waals surface area contributed by atoms with Crippen LogP contribution in [0.5, 0.6) is 0 Å². The fourth-order valence-electron chi connectivity index (χ4n) is 3.89. The number of carbonyl (C=O) groups excluding carboxylic acids is 3. The number of anilines is 2. The molecule has 1 aliphatic rings. The molecule has 0 bridgehead atoms. The van der Waals surface area contributed by atoms with E-state index >= 15 is 0 Å². The quantitative estimate of drug-likeness (QED) is 0.574. The average molecular weight is 482 g/mol. The first-order chi connectivity index (χ1) is 16.9. The maximum Gasteiger partial charge on any atom is 0.317 e. The van der Waals surface area contributed by atoms with Crippen LogP contribution in [-0.2, 0) is 9.53 Å². The predicted molar refractivity (Wildman–Crippen MR) is 137 cm³/mol. The highest BCUT2D eigenvalue weighted by molar-refractivity contribution is 5.95. The lowest BCUT2D eigenvalue weighted by Gasteiger charge is -2.36. The summed E-state index contributed by atoms with van der Waals surface area (Å²) >= 11 is 0. The van der Waals surface area contributed by atoms with Gasteiger partial charge in [-0.05, 0) is 50.2 Å². The number of rotatable bonds is 9. The normalized spacial score (nSPS) is 13.3. The molecule has 2 N–H and O–H groups in total. The van der Waals surface area contributed by atoms with E-state index in [2.05, 4.69) is 15.5 Å². The second kappa shape index (κ2) is 12.8. The Morgan fingerprint density at radius 1 is 0.971 bits per heavy atom. The second-order valence-corrected chi connectivity index (χ2v) is 8.49. The van der Waals surface area contributed by atoms with Crippen molar-refractivity contribution in [1.29, 1.82) is 0 Å². The van der Waals surface area contributed by atoms with Crippen LogP contribution in [0.4, 0.5) is 16.2 Å². The van der Waals surface area contributed by atoms with E-state index in [0.717, 1.165) is 29.9 Å². The van der Waals surface area contributed by atoms with Gasteiger partial charge in [0.1, 0.15) is 6.54 Å². The van der Waals surface area contributed by atoms with Gasteiger partial charge in [-0.3, -0.25) is 9.59 Å². The molecule has 1 fully saturated rings. The zero-order valence-electron chi connectivity index (χ0n) is 20.8. The molecule has 0 spiro atoms. The standard InChI is InChI=1S/C26H35N5O4/c1-4-27-26(34)31(17-18-35-3)19-24(32)28-22-9-11-23(12-10-22)29-13-15-30(16-14-29)25(33)21-7-5-20(2)6-8-21/h5-12H,4,13-19H2,1-3H3,(H,27,34)(H,28,32). The summed E-state index contributed by atoms with van der Waals surface area (Å²) in [4.78, 5) is 42.9. The molecule has 1 aliphatic heterocycles. The third-order valence-electron chi connectivity index (χ3n) is 5.90. The SMILES string of the molecule is CCNC(=O)N(CCOC)CC(=O)Nc1ccc(N2CCN(C(=O)c3ccc(C)cc3)CC2)cc1. The van der Waals surface area contributed by atoms with E-state index in [1.54, 1.807) is 7.11 Å². The van der Waals surface area contributed by atoms with Crippen LogP contribution in [0.3, 0.4) is 0 Å². The van der Waals surface area contributed by atoms with Crippen molar-refractivity contribution in [2.45, 2.75) is 13.8 Å². The summed E-state index contributed by atoms with van der Waals surface area (Å²) in [5, 5.41) is 5.56. The number of urea groups is 1. The van der Waals surface area contributed by atoms with Crippen LogP contribution in [0.25, 0.3) is 0 Å². The molecule has 0 saturated carbocycles. The van der Waals surface area contributed by atoms with Crippen molar-refractivity contribution in [2.24, 2.45) is 0 Å². The van der Waals surface area contributed by atoms with Crippen LogP contribution < -0.4 is 15.5 Å². The first kappa shape index (κ1) is 26.0. The molecule has 0 atom stereocenters. The van der Waals surface area contributed by atoms with Crippen LogP contribution in [0.15, 0.2) is 48.5 Å². The van der Waals surface area contributed by atoms with E-state index < -0.39 is 0 Å². The Morgan fingerprint density at radius 2 is 1.63 bits per heavy atom. The number of carbonyl (C=O) groups is 3. The molecule has 0 aromatic heterocycles. The fourth-order valence-corrected chi connectivity index (χ4v) is 3.89. The number of nitrogens with zero attached hydrogens (tertiary/aromatic N) is 3. The van der Waals surface area contributed by atoms with Gasteiger partial charge in [0.05, 0.1) is 6.61 Å². The number of ether oxygens (including phenoxy) is 1. The number of hydrogen-bond donors (Lipinski definition) is 2. The molecule has 188 valence electrons. The molecule has 9 nitrogen and oxygen atoms in total. The highest BCUT2D eigenvalue weighted by atomic mass is 16.5. The highest BCUT2D eigenvalue weighted by Crippen LogP contribution is 2.20. The fraction of sp³-hybridized carbons (Fsp3) is 0.423. The lowest BCUT2D eigenvalue weighted by atomic mass is 10.1. The minimum atomic E-state index is -0.296. The molecule has 0 unspecified atom stereocenters. The molecule has 0 radical (unpaired) electrons. The molecule has 1 saturated heterocycles. The first-order valence-corrected chi connectivity index (χ1v) is 11.9. The molecule has 9 heteroatoms. The van der Waals surface area contributed by atoms with E-state index in [0.29, 0.717) is 38.5 Å². The van der Waals surface area contributed by atoms with Gasteiger partial charge in [-0.15, -0.1) is 0 Å². The third-order valence-corrected chi connectivity index (χ3v) is 5.90. The molecule has 1 heterocycles. The maximum absolute atomic E-state index is 12.7. The van der Waals surface area contributed by atoms with Gasteiger partial charge in [0.2, 0.25) is 5.91 Å². The minimum Gasteiger partial charge on any atom is -0.383 e. The molecule has 2 aromatic rings. The molecule has 35 heavy (non-hydrogen) atoms. The van der Waals surface area contributed by atoms with Crippen molar-refractivity contribution in [3.05, 3.63) is 59.7 Å². The zero-order chi connectivity index (χ0) is 25.2. The molecule has 3 rings (SSSR count). The van der Waals surface area contributed by atoms with Gasteiger partial charge in [-0.25, -0.2) is 4.79 Å². The van der Waals surface area contributed by atoms with Crippen molar-refractivity contribution >= 4 is 29.2 Å². The van der Waals surface area contributed by atoms with Crippen LogP contribution >= 0.6 is 0 Å². The van der Waals surface area contributed by atoms with Gasteiger partial charge in [-0.1, -0.05) is 17.7 Å². The number of methoxy groups -OCH3 is 1. The Morgan fingerprint density at radius 3 is 2.23 bits per heavy atom. The van der Waals surface area contributed by atoms with E-state index in [-0.39, 0.29) is 24.4 Å². The number of amides is 4. The number of benzene rings is 2. The van der Waals surface area contributed by atoms with Crippen LogP contribution in [-0.4, -0.2) is 87.2 Å².